The Morgan fingerprint density at radius 1 is 1.54 bits per heavy atom. The van der Waals surface area contributed by atoms with Gasteiger partial charge in [-0.1, -0.05) is 33.6 Å². The molecule has 2 nitrogen and oxygen atoms in total. The van der Waals surface area contributed by atoms with Gasteiger partial charge >= 0.3 is 0 Å². The molecule has 0 heterocycles. The minimum Gasteiger partial charge on any atom is -0.391 e. The molecule has 0 aromatic heterocycles. The Hall–Kier alpha value is -0.0900. The van der Waals surface area contributed by atoms with Gasteiger partial charge in [0.1, 0.15) is 0 Å². The van der Waals surface area contributed by atoms with E-state index in [0.29, 0.717) is 5.02 Å². The van der Waals surface area contributed by atoms with Crippen molar-refractivity contribution in [2.24, 2.45) is 5.73 Å². The maximum atomic E-state index is 9.29. The van der Waals surface area contributed by atoms with Gasteiger partial charge in [0.2, 0.25) is 0 Å². The van der Waals surface area contributed by atoms with Crippen molar-refractivity contribution in [2.75, 3.05) is 0 Å². The molecule has 0 saturated heterocycles. The van der Waals surface area contributed by atoms with Gasteiger partial charge < -0.3 is 10.8 Å². The summed E-state index contributed by atoms with van der Waals surface area (Å²) in [4.78, 5) is 0. The molecule has 0 bridgehead atoms. The lowest BCUT2D eigenvalue weighted by molar-refractivity contribution is 0.164. The molecule has 2 atom stereocenters. The SMILES string of the molecule is CC(O)C(N)c1ccc(Cl)cc1Br. The molecule has 0 saturated carbocycles. The lowest BCUT2D eigenvalue weighted by Gasteiger charge is -2.16. The topological polar surface area (TPSA) is 46.2 Å². The Balaban J connectivity index is 3.01. The summed E-state index contributed by atoms with van der Waals surface area (Å²) in [7, 11) is 0. The zero-order valence-corrected chi connectivity index (χ0v) is 9.51. The summed E-state index contributed by atoms with van der Waals surface area (Å²) >= 11 is 9.11. The molecule has 0 aliphatic rings. The Kier molecular flexibility index (Phi) is 3.74. The number of benzene rings is 1. The molecule has 0 aliphatic carbocycles. The van der Waals surface area contributed by atoms with Gasteiger partial charge in [-0.15, -0.1) is 0 Å². The molecule has 0 amide bonds. The molecule has 13 heavy (non-hydrogen) atoms. The third kappa shape index (κ3) is 2.68. The zero-order valence-electron chi connectivity index (χ0n) is 7.17. The van der Waals surface area contributed by atoms with Crippen LogP contribution in [0.4, 0.5) is 0 Å². The van der Waals surface area contributed by atoms with Crippen LogP contribution >= 0.6 is 27.5 Å². The summed E-state index contributed by atoms with van der Waals surface area (Å²) in [5.41, 5.74) is 6.63. The Bertz CT molecular complexity index is 304. The first-order valence-corrected chi connectivity index (χ1v) is 5.08. The second kappa shape index (κ2) is 4.42. The van der Waals surface area contributed by atoms with E-state index in [1.165, 1.54) is 0 Å². The van der Waals surface area contributed by atoms with Gasteiger partial charge in [0, 0.05) is 9.50 Å². The van der Waals surface area contributed by atoms with Gasteiger partial charge in [-0.25, -0.2) is 0 Å². The fourth-order valence-electron chi connectivity index (χ4n) is 1.03. The van der Waals surface area contributed by atoms with Crippen LogP contribution in [0.25, 0.3) is 0 Å². The minimum absolute atomic E-state index is 0.383. The Morgan fingerprint density at radius 2 is 2.15 bits per heavy atom. The smallest absolute Gasteiger partial charge is 0.0705 e. The van der Waals surface area contributed by atoms with Gasteiger partial charge in [0.15, 0.2) is 0 Å². The van der Waals surface area contributed by atoms with Crippen molar-refractivity contribution < 1.29 is 5.11 Å². The number of aliphatic hydroxyl groups excluding tert-OH is 1. The second-order valence-electron chi connectivity index (χ2n) is 2.93. The fourth-order valence-corrected chi connectivity index (χ4v) is 1.98. The largest absolute Gasteiger partial charge is 0.391 e. The van der Waals surface area contributed by atoms with E-state index in [1.54, 1.807) is 19.1 Å². The van der Waals surface area contributed by atoms with Gasteiger partial charge in [-0.3, -0.25) is 0 Å². The van der Waals surface area contributed by atoms with Gasteiger partial charge in [0.05, 0.1) is 12.1 Å². The number of nitrogens with two attached hydrogens (primary N) is 1. The summed E-state index contributed by atoms with van der Waals surface area (Å²) in [6.45, 7) is 1.66. The molecule has 1 rings (SSSR count). The summed E-state index contributed by atoms with van der Waals surface area (Å²) in [6.07, 6.45) is -0.572. The first kappa shape index (κ1) is 11.0. The summed E-state index contributed by atoms with van der Waals surface area (Å²) in [6, 6.07) is 4.94. The Morgan fingerprint density at radius 3 is 2.62 bits per heavy atom. The first-order valence-electron chi connectivity index (χ1n) is 3.91. The molecule has 1 aromatic carbocycles. The van der Waals surface area contributed by atoms with E-state index in [-0.39, 0.29) is 6.04 Å². The molecular formula is C9H11BrClNO. The van der Waals surface area contributed by atoms with Gasteiger partial charge in [0.25, 0.3) is 0 Å². The summed E-state index contributed by atoms with van der Waals surface area (Å²) in [5, 5.41) is 9.94. The molecule has 0 fully saturated rings. The number of aliphatic hydroxyl groups is 1. The van der Waals surface area contributed by atoms with Crippen LogP contribution in [-0.2, 0) is 0 Å². The van der Waals surface area contributed by atoms with Crippen LogP contribution in [0.3, 0.4) is 0 Å². The molecule has 1 aromatic rings. The number of halogens is 2. The van der Waals surface area contributed by atoms with E-state index in [9.17, 15) is 5.11 Å². The molecule has 4 heteroatoms. The van der Waals surface area contributed by atoms with Crippen molar-refractivity contribution in [2.45, 2.75) is 19.1 Å². The molecule has 0 spiro atoms. The fraction of sp³-hybridized carbons (Fsp3) is 0.333. The lowest BCUT2D eigenvalue weighted by Crippen LogP contribution is -2.23. The van der Waals surface area contributed by atoms with Crippen LogP contribution in [0, 0.1) is 0 Å². The van der Waals surface area contributed by atoms with E-state index >= 15 is 0 Å². The first-order chi connectivity index (χ1) is 6.02. The van der Waals surface area contributed by atoms with Crippen molar-refractivity contribution >= 4 is 27.5 Å². The number of rotatable bonds is 2. The monoisotopic (exact) mass is 263 g/mol. The maximum absolute atomic E-state index is 9.29. The zero-order chi connectivity index (χ0) is 10.0. The lowest BCUT2D eigenvalue weighted by atomic mass is 10.0. The molecular weight excluding hydrogens is 253 g/mol. The number of hydrogen-bond donors (Lipinski definition) is 2. The number of hydrogen-bond acceptors (Lipinski definition) is 2. The van der Waals surface area contributed by atoms with Crippen molar-refractivity contribution in [3.8, 4) is 0 Å². The van der Waals surface area contributed by atoms with Gasteiger partial charge in [-0.05, 0) is 24.6 Å². The normalized spacial score (nSPS) is 15.5. The molecule has 2 unspecified atom stereocenters. The second-order valence-corrected chi connectivity index (χ2v) is 4.22. The van der Waals surface area contributed by atoms with Crippen LogP contribution in [0.5, 0.6) is 0 Å². The molecule has 3 N–H and O–H groups in total. The maximum Gasteiger partial charge on any atom is 0.0705 e. The highest BCUT2D eigenvalue weighted by atomic mass is 79.9. The van der Waals surface area contributed by atoms with Crippen LogP contribution in [-0.4, -0.2) is 11.2 Å². The predicted molar refractivity (Wildman–Crippen MR) is 57.8 cm³/mol. The Labute approximate surface area is 90.8 Å². The van der Waals surface area contributed by atoms with E-state index in [4.69, 9.17) is 17.3 Å². The third-order valence-corrected chi connectivity index (χ3v) is 2.76. The highest BCUT2D eigenvalue weighted by Crippen LogP contribution is 2.26. The summed E-state index contributed by atoms with van der Waals surface area (Å²) < 4.78 is 0.827. The molecule has 0 radical (unpaired) electrons. The van der Waals surface area contributed by atoms with E-state index in [2.05, 4.69) is 15.9 Å². The summed E-state index contributed by atoms with van der Waals surface area (Å²) in [5.74, 6) is 0. The molecule has 72 valence electrons. The highest BCUT2D eigenvalue weighted by Gasteiger charge is 2.14. The van der Waals surface area contributed by atoms with Crippen molar-refractivity contribution in [1.29, 1.82) is 0 Å². The highest BCUT2D eigenvalue weighted by molar-refractivity contribution is 9.10. The predicted octanol–water partition coefficient (Wildman–Crippen LogP) is 2.48. The third-order valence-electron chi connectivity index (χ3n) is 1.84. The quantitative estimate of drug-likeness (QED) is 0.862. The van der Waals surface area contributed by atoms with Crippen LogP contribution < -0.4 is 5.73 Å². The van der Waals surface area contributed by atoms with Gasteiger partial charge in [-0.2, -0.15) is 0 Å². The van der Waals surface area contributed by atoms with Crippen LogP contribution in [0.15, 0.2) is 22.7 Å². The van der Waals surface area contributed by atoms with Crippen LogP contribution in [0.2, 0.25) is 5.02 Å². The van der Waals surface area contributed by atoms with Crippen molar-refractivity contribution in [3.05, 3.63) is 33.3 Å². The van der Waals surface area contributed by atoms with Crippen molar-refractivity contribution in [3.63, 3.8) is 0 Å². The standard InChI is InChI=1S/C9H11BrClNO/c1-5(13)9(12)7-3-2-6(11)4-8(7)10/h2-5,9,13H,12H2,1H3. The minimum atomic E-state index is -0.572. The average molecular weight is 265 g/mol. The van der Waals surface area contributed by atoms with Crippen molar-refractivity contribution in [1.82, 2.24) is 0 Å². The van der Waals surface area contributed by atoms with E-state index in [1.807, 2.05) is 6.07 Å². The molecule has 0 aliphatic heterocycles. The van der Waals surface area contributed by atoms with Crippen LogP contribution in [0.1, 0.15) is 18.5 Å². The average Bonchev–Trinajstić information content (AvgIpc) is 2.03. The van der Waals surface area contributed by atoms with E-state index in [0.717, 1.165) is 10.0 Å². The van der Waals surface area contributed by atoms with E-state index < -0.39 is 6.10 Å².